The molecular formula is C19H20N4O2. The van der Waals surface area contributed by atoms with Crippen molar-refractivity contribution in [3.05, 3.63) is 59.7 Å². The molecule has 1 aliphatic rings. The maximum atomic E-state index is 11.3. The molecule has 0 bridgehead atoms. The lowest BCUT2D eigenvalue weighted by molar-refractivity contribution is -0.121. The second-order valence-corrected chi connectivity index (χ2v) is 5.90. The Hall–Kier alpha value is -3.02. The van der Waals surface area contributed by atoms with E-state index in [1.54, 1.807) is 7.11 Å². The van der Waals surface area contributed by atoms with Gasteiger partial charge in [-0.25, -0.2) is 5.43 Å². The first-order valence-electron chi connectivity index (χ1n) is 8.13. The minimum Gasteiger partial charge on any atom is -0.496 e. The number of amides is 1. The van der Waals surface area contributed by atoms with E-state index in [1.165, 1.54) is 0 Å². The summed E-state index contributed by atoms with van der Waals surface area (Å²) in [5, 5.41) is 12.7. The Morgan fingerprint density at radius 1 is 1.20 bits per heavy atom. The fourth-order valence-corrected chi connectivity index (χ4v) is 2.73. The zero-order chi connectivity index (χ0) is 17.6. The van der Waals surface area contributed by atoms with Crippen molar-refractivity contribution in [1.82, 2.24) is 5.43 Å². The molecule has 0 aromatic heterocycles. The molecule has 1 heterocycles. The van der Waals surface area contributed by atoms with Crippen LogP contribution in [0, 0.1) is 5.92 Å². The number of azo groups is 1. The molecule has 0 saturated carbocycles. The summed E-state index contributed by atoms with van der Waals surface area (Å²) in [7, 11) is 1.64. The Balaban J connectivity index is 1.67. The van der Waals surface area contributed by atoms with Crippen molar-refractivity contribution in [3.8, 4) is 5.75 Å². The first-order chi connectivity index (χ1) is 12.2. The molecule has 1 aliphatic heterocycles. The minimum atomic E-state index is -0.0435. The average molecular weight is 336 g/mol. The normalized spacial score (nSPS) is 17.3. The molecule has 2 aromatic rings. The van der Waals surface area contributed by atoms with E-state index in [4.69, 9.17) is 4.74 Å². The molecule has 1 atom stereocenters. The van der Waals surface area contributed by atoms with Gasteiger partial charge in [-0.3, -0.25) is 4.79 Å². The van der Waals surface area contributed by atoms with Crippen LogP contribution in [0.2, 0.25) is 0 Å². The van der Waals surface area contributed by atoms with E-state index < -0.39 is 0 Å². The summed E-state index contributed by atoms with van der Waals surface area (Å²) in [5.74, 6) is 0.868. The van der Waals surface area contributed by atoms with Crippen LogP contribution in [0.25, 0.3) is 0 Å². The number of benzene rings is 2. The lowest BCUT2D eigenvalue weighted by atomic mass is 9.94. The third-order valence-electron chi connectivity index (χ3n) is 4.04. The fraction of sp³-hybridized carbons (Fsp3) is 0.263. The third-order valence-corrected chi connectivity index (χ3v) is 4.04. The van der Waals surface area contributed by atoms with Crippen LogP contribution >= 0.6 is 0 Å². The molecule has 1 N–H and O–H groups in total. The number of hydrazone groups is 1. The van der Waals surface area contributed by atoms with Crippen molar-refractivity contribution >= 4 is 17.3 Å². The molecule has 1 unspecified atom stereocenters. The van der Waals surface area contributed by atoms with Crippen molar-refractivity contribution in [2.75, 3.05) is 7.11 Å². The van der Waals surface area contributed by atoms with Gasteiger partial charge in [0.05, 0.1) is 25.1 Å². The van der Waals surface area contributed by atoms with Crippen molar-refractivity contribution in [2.24, 2.45) is 21.2 Å². The molecular weight excluding hydrogens is 316 g/mol. The standard InChI is InChI=1S/C19H20N4O2/c1-13-11-18(24)22-23-19(13)14-7-9-16(10-8-14)21-20-12-15-5-3-4-6-17(15)25-2/h3-10,13H,11-12H2,1-2H3,(H,22,24). The second kappa shape index (κ2) is 7.70. The monoisotopic (exact) mass is 336 g/mol. The quantitative estimate of drug-likeness (QED) is 0.842. The predicted octanol–water partition coefficient (Wildman–Crippen LogP) is 3.84. The number of carbonyl (C=O) groups excluding carboxylic acids is 1. The molecule has 25 heavy (non-hydrogen) atoms. The van der Waals surface area contributed by atoms with E-state index in [1.807, 2.05) is 55.5 Å². The van der Waals surface area contributed by atoms with Gasteiger partial charge in [-0.05, 0) is 23.8 Å². The molecule has 0 saturated heterocycles. The van der Waals surface area contributed by atoms with Gasteiger partial charge >= 0.3 is 0 Å². The number of hydrogen-bond acceptors (Lipinski definition) is 5. The highest BCUT2D eigenvalue weighted by Crippen LogP contribution is 2.21. The first-order valence-corrected chi connectivity index (χ1v) is 8.13. The highest BCUT2D eigenvalue weighted by molar-refractivity contribution is 6.05. The molecule has 3 rings (SSSR count). The molecule has 6 nitrogen and oxygen atoms in total. The van der Waals surface area contributed by atoms with Crippen LogP contribution in [-0.4, -0.2) is 18.7 Å². The van der Waals surface area contributed by atoms with Gasteiger partial charge in [0.2, 0.25) is 5.91 Å². The molecule has 1 amide bonds. The fourth-order valence-electron chi connectivity index (χ4n) is 2.73. The van der Waals surface area contributed by atoms with E-state index in [2.05, 4.69) is 20.8 Å². The minimum absolute atomic E-state index is 0.0435. The number of rotatable bonds is 5. The molecule has 0 radical (unpaired) electrons. The lowest BCUT2D eigenvalue weighted by Crippen LogP contribution is -2.31. The zero-order valence-electron chi connectivity index (χ0n) is 14.3. The van der Waals surface area contributed by atoms with Crippen molar-refractivity contribution in [1.29, 1.82) is 0 Å². The van der Waals surface area contributed by atoms with Gasteiger partial charge in [-0.1, -0.05) is 37.3 Å². The van der Waals surface area contributed by atoms with E-state index in [0.717, 1.165) is 28.3 Å². The highest BCUT2D eigenvalue weighted by atomic mass is 16.5. The number of methoxy groups -OCH3 is 1. The van der Waals surface area contributed by atoms with Gasteiger partial charge in [-0.15, -0.1) is 0 Å². The Morgan fingerprint density at radius 3 is 2.68 bits per heavy atom. The number of para-hydroxylation sites is 1. The Morgan fingerprint density at radius 2 is 1.96 bits per heavy atom. The Bertz CT molecular complexity index is 812. The Labute approximate surface area is 146 Å². The van der Waals surface area contributed by atoms with Crippen LogP contribution in [0.3, 0.4) is 0 Å². The van der Waals surface area contributed by atoms with E-state index >= 15 is 0 Å². The van der Waals surface area contributed by atoms with Gasteiger partial charge in [0.1, 0.15) is 5.75 Å². The van der Waals surface area contributed by atoms with Crippen LogP contribution in [-0.2, 0) is 11.3 Å². The predicted molar refractivity (Wildman–Crippen MR) is 96.1 cm³/mol. The molecule has 128 valence electrons. The average Bonchev–Trinajstić information content (AvgIpc) is 2.63. The highest BCUT2D eigenvalue weighted by Gasteiger charge is 2.21. The van der Waals surface area contributed by atoms with Crippen LogP contribution in [0.5, 0.6) is 5.75 Å². The van der Waals surface area contributed by atoms with Gasteiger partial charge in [-0.2, -0.15) is 15.3 Å². The van der Waals surface area contributed by atoms with E-state index in [0.29, 0.717) is 13.0 Å². The van der Waals surface area contributed by atoms with Gasteiger partial charge in [0, 0.05) is 17.9 Å². The topological polar surface area (TPSA) is 75.4 Å². The summed E-state index contributed by atoms with van der Waals surface area (Å²) < 4.78 is 5.30. The SMILES string of the molecule is COc1ccccc1CN=Nc1ccc(C2=NNC(=O)CC2C)cc1. The molecule has 6 heteroatoms. The van der Waals surface area contributed by atoms with Crippen molar-refractivity contribution in [3.63, 3.8) is 0 Å². The number of hydrogen-bond donors (Lipinski definition) is 1. The van der Waals surface area contributed by atoms with Crippen molar-refractivity contribution in [2.45, 2.75) is 19.9 Å². The van der Waals surface area contributed by atoms with Gasteiger partial charge in [0.25, 0.3) is 0 Å². The maximum Gasteiger partial charge on any atom is 0.240 e. The summed E-state index contributed by atoms with van der Waals surface area (Å²) in [4.78, 5) is 11.3. The molecule has 0 fully saturated rings. The number of nitrogens with one attached hydrogen (secondary N) is 1. The number of nitrogens with zero attached hydrogens (tertiary/aromatic N) is 3. The molecule has 0 spiro atoms. The van der Waals surface area contributed by atoms with Gasteiger partial charge in [0.15, 0.2) is 0 Å². The maximum absolute atomic E-state index is 11.3. The first kappa shape index (κ1) is 16.8. The summed E-state index contributed by atoms with van der Waals surface area (Å²) in [6.45, 7) is 2.46. The third kappa shape index (κ3) is 4.09. The zero-order valence-corrected chi connectivity index (χ0v) is 14.3. The van der Waals surface area contributed by atoms with Gasteiger partial charge < -0.3 is 4.74 Å². The molecule has 2 aromatic carbocycles. The van der Waals surface area contributed by atoms with Crippen LogP contribution in [0.4, 0.5) is 5.69 Å². The van der Waals surface area contributed by atoms with E-state index in [-0.39, 0.29) is 11.8 Å². The summed E-state index contributed by atoms with van der Waals surface area (Å²) >= 11 is 0. The van der Waals surface area contributed by atoms with Crippen molar-refractivity contribution < 1.29 is 9.53 Å². The Kier molecular flexibility index (Phi) is 5.18. The van der Waals surface area contributed by atoms with E-state index in [9.17, 15) is 4.79 Å². The number of carbonyl (C=O) groups is 1. The second-order valence-electron chi connectivity index (χ2n) is 5.90. The van der Waals surface area contributed by atoms with Crippen LogP contribution in [0.15, 0.2) is 63.9 Å². The summed E-state index contributed by atoms with van der Waals surface area (Å²) in [6.07, 6.45) is 0.458. The summed E-state index contributed by atoms with van der Waals surface area (Å²) in [5.41, 5.74) is 6.17. The van der Waals surface area contributed by atoms with Crippen LogP contribution in [0.1, 0.15) is 24.5 Å². The number of ether oxygens (including phenoxy) is 1. The summed E-state index contributed by atoms with van der Waals surface area (Å²) in [6, 6.07) is 15.4. The lowest BCUT2D eigenvalue weighted by Gasteiger charge is -2.19. The largest absolute Gasteiger partial charge is 0.496 e. The van der Waals surface area contributed by atoms with Crippen LogP contribution < -0.4 is 10.2 Å². The molecule has 0 aliphatic carbocycles. The smallest absolute Gasteiger partial charge is 0.240 e.